The summed E-state index contributed by atoms with van der Waals surface area (Å²) in [5.74, 6) is 1.20. The number of ketones is 1. The third kappa shape index (κ3) is 3.72. The maximum absolute atomic E-state index is 13.4. The zero-order chi connectivity index (χ0) is 18.2. The monoisotopic (exact) mass is 346 g/mol. The molecule has 1 aliphatic rings. The normalized spacial score (nSPS) is 19.5. The Morgan fingerprint density at radius 3 is 1.79 bits per heavy atom. The highest BCUT2D eigenvalue weighted by Crippen LogP contribution is 2.37. The number of carbonyl (C=O) groups excluding carboxylic acids is 1. The summed E-state index contributed by atoms with van der Waals surface area (Å²) in [7, 11) is -1.38. The van der Waals surface area contributed by atoms with E-state index in [2.05, 4.69) is 53.7 Å². The first kappa shape index (κ1) is 19.1. The highest BCUT2D eigenvalue weighted by atomic mass is 32.2. The van der Waals surface area contributed by atoms with Gasteiger partial charge in [0, 0.05) is 6.42 Å². The van der Waals surface area contributed by atoms with Gasteiger partial charge in [-0.2, -0.15) is 0 Å². The second kappa shape index (κ2) is 7.35. The lowest BCUT2D eigenvalue weighted by molar-refractivity contribution is -0.114. The lowest BCUT2D eigenvalue weighted by atomic mass is 9.89. The molecule has 0 aromatic heterocycles. The van der Waals surface area contributed by atoms with E-state index in [0.29, 0.717) is 17.2 Å². The molecule has 0 radical (unpaired) electrons. The largest absolute Gasteiger partial charge is 0.293 e. The predicted molar refractivity (Wildman–Crippen MR) is 102 cm³/mol. The van der Waals surface area contributed by atoms with Crippen molar-refractivity contribution in [2.75, 3.05) is 0 Å². The lowest BCUT2D eigenvalue weighted by Crippen LogP contribution is -2.12. The Morgan fingerprint density at radius 2 is 1.46 bits per heavy atom. The highest BCUT2D eigenvalue weighted by Gasteiger charge is 2.30. The van der Waals surface area contributed by atoms with E-state index in [1.54, 1.807) is 0 Å². The number of rotatable bonds is 5. The van der Waals surface area contributed by atoms with Crippen molar-refractivity contribution in [3.05, 3.63) is 39.8 Å². The number of Topliss-reactive ketones (excluding diaryl/α,β-unsaturated/α-hetero) is 1. The first-order chi connectivity index (χ1) is 11.1. The molecule has 2 rings (SSSR count). The van der Waals surface area contributed by atoms with E-state index in [4.69, 9.17) is 0 Å². The molecule has 1 aromatic rings. The van der Waals surface area contributed by atoms with Crippen LogP contribution in [0.1, 0.15) is 89.3 Å². The van der Waals surface area contributed by atoms with Crippen molar-refractivity contribution < 1.29 is 9.00 Å². The van der Waals surface area contributed by atoms with Crippen LogP contribution in [0.3, 0.4) is 0 Å². The van der Waals surface area contributed by atoms with Crippen LogP contribution in [0.4, 0.5) is 0 Å². The molecule has 0 spiro atoms. The van der Waals surface area contributed by atoms with Crippen molar-refractivity contribution in [1.29, 1.82) is 0 Å². The van der Waals surface area contributed by atoms with Gasteiger partial charge in [0.1, 0.15) is 0 Å². The summed E-state index contributed by atoms with van der Waals surface area (Å²) in [5.41, 5.74) is 3.52. The number of allylic oxidation sites excluding steroid dienone is 2. The fraction of sp³-hybridized carbons (Fsp3) is 0.571. The SMILES string of the molecule is CC(C)c1cc(C(C)C)c(S(=O)C2=C[C@@H](C)CC2=O)c(C(C)C)c1. The molecule has 1 unspecified atom stereocenters. The first-order valence-electron chi connectivity index (χ1n) is 8.98. The van der Waals surface area contributed by atoms with Crippen LogP contribution in [0.2, 0.25) is 0 Å². The molecule has 2 nitrogen and oxygen atoms in total. The summed E-state index contributed by atoms with van der Waals surface area (Å²) in [6, 6.07) is 4.38. The topological polar surface area (TPSA) is 34.1 Å². The van der Waals surface area contributed by atoms with Crippen molar-refractivity contribution in [2.24, 2.45) is 5.92 Å². The number of carbonyl (C=O) groups is 1. The van der Waals surface area contributed by atoms with Crippen LogP contribution in [-0.4, -0.2) is 9.99 Å². The third-order valence-electron chi connectivity index (χ3n) is 4.68. The lowest BCUT2D eigenvalue weighted by Gasteiger charge is -2.22. The van der Waals surface area contributed by atoms with Gasteiger partial charge < -0.3 is 0 Å². The quantitative estimate of drug-likeness (QED) is 0.689. The van der Waals surface area contributed by atoms with Crippen LogP contribution in [-0.2, 0) is 15.6 Å². The second-order valence-corrected chi connectivity index (χ2v) is 9.28. The summed E-state index contributed by atoms with van der Waals surface area (Å²) in [4.78, 5) is 13.7. The minimum atomic E-state index is -1.38. The Bertz CT molecular complexity index is 667. The average molecular weight is 347 g/mol. The van der Waals surface area contributed by atoms with Gasteiger partial charge in [0.2, 0.25) is 0 Å². The summed E-state index contributed by atoms with van der Waals surface area (Å²) < 4.78 is 13.4. The zero-order valence-electron chi connectivity index (χ0n) is 16.0. The fourth-order valence-electron chi connectivity index (χ4n) is 3.18. The predicted octanol–water partition coefficient (Wildman–Crippen LogP) is 5.66. The standard InChI is InChI=1S/C21H30O2S/c1-12(2)16-10-17(13(3)4)21(18(11-16)14(5)6)24(23)20-9-15(7)8-19(20)22/h9-15H,8H2,1-7H3/t15-,24?/m0/s1. The van der Waals surface area contributed by atoms with Crippen LogP contribution in [0, 0.1) is 5.92 Å². The van der Waals surface area contributed by atoms with Gasteiger partial charge in [-0.05, 0) is 40.4 Å². The number of benzene rings is 1. The van der Waals surface area contributed by atoms with E-state index in [1.165, 1.54) is 5.56 Å². The third-order valence-corrected chi connectivity index (χ3v) is 6.29. The van der Waals surface area contributed by atoms with E-state index in [-0.39, 0.29) is 23.5 Å². The minimum absolute atomic E-state index is 0.0400. The first-order valence-corrected chi connectivity index (χ1v) is 10.1. The number of hydrogen-bond donors (Lipinski definition) is 0. The molecule has 1 aromatic carbocycles. The van der Waals surface area contributed by atoms with Crippen molar-refractivity contribution in [3.63, 3.8) is 0 Å². The van der Waals surface area contributed by atoms with Gasteiger partial charge in [-0.1, -0.05) is 66.7 Å². The van der Waals surface area contributed by atoms with Gasteiger partial charge in [0.25, 0.3) is 0 Å². The van der Waals surface area contributed by atoms with E-state index in [1.807, 2.05) is 13.0 Å². The van der Waals surface area contributed by atoms with E-state index in [9.17, 15) is 9.00 Å². The molecule has 132 valence electrons. The second-order valence-electron chi connectivity index (χ2n) is 7.90. The molecule has 24 heavy (non-hydrogen) atoms. The molecule has 0 aliphatic heterocycles. The van der Waals surface area contributed by atoms with Gasteiger partial charge in [-0.25, -0.2) is 4.21 Å². The minimum Gasteiger partial charge on any atom is -0.293 e. The van der Waals surface area contributed by atoms with Crippen molar-refractivity contribution >= 4 is 16.6 Å². The molecule has 1 aliphatic carbocycles. The Labute approximate surface area is 149 Å². The van der Waals surface area contributed by atoms with Gasteiger partial charge in [-0.3, -0.25) is 4.79 Å². The Hall–Kier alpha value is -1.22. The van der Waals surface area contributed by atoms with Crippen LogP contribution in [0.25, 0.3) is 0 Å². The summed E-state index contributed by atoms with van der Waals surface area (Å²) in [5, 5.41) is 0. The van der Waals surface area contributed by atoms with Crippen molar-refractivity contribution in [1.82, 2.24) is 0 Å². The summed E-state index contributed by atoms with van der Waals surface area (Å²) in [6.45, 7) is 14.9. The molecular weight excluding hydrogens is 316 g/mol. The molecule has 0 N–H and O–H groups in total. The summed E-state index contributed by atoms with van der Waals surface area (Å²) in [6.07, 6.45) is 2.39. The molecule has 0 heterocycles. The molecular formula is C21H30O2S. The Balaban J connectivity index is 2.69. The molecule has 2 atom stereocenters. The zero-order valence-corrected chi connectivity index (χ0v) is 16.8. The van der Waals surface area contributed by atoms with Gasteiger partial charge in [0.15, 0.2) is 5.78 Å². The fourth-order valence-corrected chi connectivity index (χ4v) is 5.07. The van der Waals surface area contributed by atoms with E-state index >= 15 is 0 Å². The van der Waals surface area contributed by atoms with Crippen LogP contribution in [0.5, 0.6) is 0 Å². The molecule has 0 amide bonds. The van der Waals surface area contributed by atoms with Crippen LogP contribution in [0.15, 0.2) is 28.0 Å². The molecule has 0 saturated heterocycles. The Morgan fingerprint density at radius 1 is 0.958 bits per heavy atom. The number of hydrogen-bond acceptors (Lipinski definition) is 2. The summed E-state index contributed by atoms with van der Waals surface area (Å²) >= 11 is 0. The van der Waals surface area contributed by atoms with E-state index < -0.39 is 10.8 Å². The average Bonchev–Trinajstić information content (AvgIpc) is 2.83. The molecule has 0 saturated carbocycles. The van der Waals surface area contributed by atoms with Crippen molar-refractivity contribution in [2.45, 2.75) is 77.5 Å². The van der Waals surface area contributed by atoms with E-state index in [0.717, 1.165) is 16.0 Å². The smallest absolute Gasteiger partial charge is 0.172 e. The highest BCUT2D eigenvalue weighted by molar-refractivity contribution is 7.90. The molecule has 0 bridgehead atoms. The van der Waals surface area contributed by atoms with Gasteiger partial charge >= 0.3 is 0 Å². The maximum Gasteiger partial charge on any atom is 0.172 e. The van der Waals surface area contributed by atoms with Crippen LogP contribution < -0.4 is 0 Å². The van der Waals surface area contributed by atoms with Crippen molar-refractivity contribution in [3.8, 4) is 0 Å². The Kier molecular flexibility index (Phi) is 5.85. The molecule has 3 heteroatoms. The maximum atomic E-state index is 13.4. The van der Waals surface area contributed by atoms with Gasteiger partial charge in [-0.15, -0.1) is 0 Å². The van der Waals surface area contributed by atoms with Crippen LogP contribution >= 0.6 is 0 Å². The van der Waals surface area contributed by atoms with Gasteiger partial charge in [0.05, 0.1) is 20.6 Å². The molecule has 0 fully saturated rings.